The van der Waals surface area contributed by atoms with Crippen molar-refractivity contribution in [2.45, 2.75) is 6.54 Å². The minimum absolute atomic E-state index is 0.737. The molecule has 0 radical (unpaired) electrons. The number of rotatable bonds is 4. The van der Waals surface area contributed by atoms with Crippen molar-refractivity contribution in [3.8, 4) is 0 Å². The van der Waals surface area contributed by atoms with Crippen molar-refractivity contribution in [3.05, 3.63) is 59.8 Å². The van der Waals surface area contributed by atoms with Gasteiger partial charge in [0.25, 0.3) is 0 Å². The maximum absolute atomic E-state index is 8.37. The van der Waals surface area contributed by atoms with E-state index in [1.165, 1.54) is 11.8 Å². The number of aromatic nitrogens is 1. The van der Waals surface area contributed by atoms with Crippen molar-refractivity contribution < 1.29 is 5.21 Å². The second-order valence-corrected chi connectivity index (χ2v) is 3.56. The molecular formula is C13H13N3O. The lowest BCUT2D eigenvalue weighted by Gasteiger charge is -2.05. The van der Waals surface area contributed by atoms with Crippen LogP contribution in [0.15, 0.2) is 53.8 Å². The number of nitrogens with zero attached hydrogens (tertiary/aromatic N) is 2. The van der Waals surface area contributed by atoms with Gasteiger partial charge in [-0.25, -0.2) is 4.98 Å². The van der Waals surface area contributed by atoms with Crippen molar-refractivity contribution in [2.75, 3.05) is 5.32 Å². The van der Waals surface area contributed by atoms with Crippen LogP contribution in [0.5, 0.6) is 0 Å². The standard InChI is InChI=1S/C13H13N3O/c17-16-10-12-6-7-13(15-9-12)14-8-11-4-2-1-3-5-11/h1-7,9-10,17H,8H2,(H,14,15). The molecule has 0 fully saturated rings. The molecule has 0 amide bonds. The minimum Gasteiger partial charge on any atom is -0.411 e. The van der Waals surface area contributed by atoms with E-state index in [1.54, 1.807) is 6.20 Å². The summed E-state index contributed by atoms with van der Waals surface area (Å²) in [5.41, 5.74) is 1.97. The summed E-state index contributed by atoms with van der Waals surface area (Å²) in [4.78, 5) is 4.20. The molecule has 0 saturated heterocycles. The summed E-state index contributed by atoms with van der Waals surface area (Å²) >= 11 is 0. The van der Waals surface area contributed by atoms with E-state index >= 15 is 0 Å². The lowest BCUT2D eigenvalue weighted by atomic mass is 10.2. The third-order valence-corrected chi connectivity index (χ3v) is 2.31. The van der Waals surface area contributed by atoms with Gasteiger partial charge in [0.15, 0.2) is 0 Å². The van der Waals surface area contributed by atoms with Crippen molar-refractivity contribution in [2.24, 2.45) is 5.16 Å². The molecule has 0 aliphatic heterocycles. The van der Waals surface area contributed by atoms with E-state index in [2.05, 4.69) is 27.6 Å². The Morgan fingerprint density at radius 1 is 1.18 bits per heavy atom. The molecule has 0 saturated carbocycles. The zero-order valence-corrected chi connectivity index (χ0v) is 9.24. The molecule has 0 spiro atoms. The van der Waals surface area contributed by atoms with Crippen molar-refractivity contribution in [1.29, 1.82) is 0 Å². The molecule has 0 aliphatic rings. The summed E-state index contributed by atoms with van der Waals surface area (Å²) in [5, 5.41) is 14.5. The zero-order chi connectivity index (χ0) is 11.9. The van der Waals surface area contributed by atoms with Crippen LogP contribution in [0, 0.1) is 0 Å². The lowest BCUT2D eigenvalue weighted by Crippen LogP contribution is -2.01. The van der Waals surface area contributed by atoms with Gasteiger partial charge in [0, 0.05) is 18.3 Å². The van der Waals surface area contributed by atoms with Crippen molar-refractivity contribution in [1.82, 2.24) is 4.98 Å². The maximum atomic E-state index is 8.37. The molecule has 86 valence electrons. The zero-order valence-electron chi connectivity index (χ0n) is 9.24. The second kappa shape index (κ2) is 5.65. The molecule has 1 aromatic heterocycles. The van der Waals surface area contributed by atoms with Crippen LogP contribution in [-0.4, -0.2) is 16.4 Å². The van der Waals surface area contributed by atoms with E-state index in [0.717, 1.165) is 17.9 Å². The third kappa shape index (κ3) is 3.31. The van der Waals surface area contributed by atoms with Gasteiger partial charge in [-0.15, -0.1) is 0 Å². The van der Waals surface area contributed by atoms with E-state index in [1.807, 2.05) is 30.3 Å². The van der Waals surface area contributed by atoms with Gasteiger partial charge in [0.1, 0.15) is 5.82 Å². The number of hydrogen-bond donors (Lipinski definition) is 2. The van der Waals surface area contributed by atoms with Crippen LogP contribution in [0.25, 0.3) is 0 Å². The molecule has 2 rings (SSSR count). The minimum atomic E-state index is 0.737. The number of pyridine rings is 1. The highest BCUT2D eigenvalue weighted by molar-refractivity contribution is 5.78. The molecule has 0 bridgehead atoms. The van der Waals surface area contributed by atoms with Gasteiger partial charge in [-0.2, -0.15) is 0 Å². The van der Waals surface area contributed by atoms with Crippen LogP contribution in [-0.2, 0) is 6.54 Å². The molecule has 2 aromatic rings. The number of nitrogens with one attached hydrogen (secondary N) is 1. The molecule has 2 N–H and O–H groups in total. The lowest BCUT2D eigenvalue weighted by molar-refractivity contribution is 0.322. The Balaban J connectivity index is 1.95. The number of oxime groups is 1. The van der Waals surface area contributed by atoms with Crippen LogP contribution in [0.3, 0.4) is 0 Å². The van der Waals surface area contributed by atoms with Gasteiger partial charge in [0.2, 0.25) is 0 Å². The predicted molar refractivity (Wildman–Crippen MR) is 67.4 cm³/mol. The summed E-state index contributed by atoms with van der Waals surface area (Å²) in [6, 6.07) is 13.8. The van der Waals surface area contributed by atoms with E-state index in [4.69, 9.17) is 5.21 Å². The average Bonchev–Trinajstić information content (AvgIpc) is 2.40. The Morgan fingerprint density at radius 3 is 2.65 bits per heavy atom. The fourth-order valence-electron chi connectivity index (χ4n) is 1.44. The molecular weight excluding hydrogens is 214 g/mol. The van der Waals surface area contributed by atoms with Crippen LogP contribution >= 0.6 is 0 Å². The maximum Gasteiger partial charge on any atom is 0.126 e. The van der Waals surface area contributed by atoms with Gasteiger partial charge in [0.05, 0.1) is 6.21 Å². The Morgan fingerprint density at radius 2 is 2.00 bits per heavy atom. The van der Waals surface area contributed by atoms with Gasteiger partial charge < -0.3 is 10.5 Å². The molecule has 1 heterocycles. The first-order chi connectivity index (χ1) is 8.38. The normalized spacial score (nSPS) is 10.6. The third-order valence-electron chi connectivity index (χ3n) is 2.31. The molecule has 4 nitrogen and oxygen atoms in total. The van der Waals surface area contributed by atoms with Gasteiger partial charge >= 0.3 is 0 Å². The summed E-state index contributed by atoms with van der Waals surface area (Å²) in [7, 11) is 0. The van der Waals surface area contributed by atoms with E-state index < -0.39 is 0 Å². The fraction of sp³-hybridized carbons (Fsp3) is 0.0769. The highest BCUT2D eigenvalue weighted by Gasteiger charge is 1.95. The average molecular weight is 227 g/mol. The smallest absolute Gasteiger partial charge is 0.126 e. The van der Waals surface area contributed by atoms with E-state index in [9.17, 15) is 0 Å². The Hall–Kier alpha value is -2.36. The quantitative estimate of drug-likeness (QED) is 0.479. The SMILES string of the molecule is ON=Cc1ccc(NCc2ccccc2)nc1. The van der Waals surface area contributed by atoms with Crippen LogP contribution in [0.2, 0.25) is 0 Å². The Bertz CT molecular complexity index is 480. The van der Waals surface area contributed by atoms with Gasteiger partial charge in [-0.3, -0.25) is 0 Å². The summed E-state index contributed by atoms with van der Waals surface area (Å²) < 4.78 is 0. The molecule has 17 heavy (non-hydrogen) atoms. The van der Waals surface area contributed by atoms with Crippen LogP contribution < -0.4 is 5.32 Å². The number of benzene rings is 1. The second-order valence-electron chi connectivity index (χ2n) is 3.56. The van der Waals surface area contributed by atoms with Crippen molar-refractivity contribution in [3.63, 3.8) is 0 Å². The monoisotopic (exact) mass is 227 g/mol. The topological polar surface area (TPSA) is 57.5 Å². The number of anilines is 1. The summed E-state index contributed by atoms with van der Waals surface area (Å²) in [6.07, 6.45) is 2.99. The Kier molecular flexibility index (Phi) is 3.70. The predicted octanol–water partition coefficient (Wildman–Crippen LogP) is 2.50. The molecule has 0 unspecified atom stereocenters. The molecule has 1 aromatic carbocycles. The first kappa shape index (κ1) is 11.1. The van der Waals surface area contributed by atoms with Gasteiger partial charge in [-0.05, 0) is 17.7 Å². The molecule has 4 heteroatoms. The summed E-state index contributed by atoms with van der Waals surface area (Å²) in [6.45, 7) is 0.737. The van der Waals surface area contributed by atoms with Crippen LogP contribution in [0.4, 0.5) is 5.82 Å². The number of hydrogen-bond acceptors (Lipinski definition) is 4. The molecule has 0 aliphatic carbocycles. The Labute approximate surface area is 99.6 Å². The summed E-state index contributed by atoms with van der Waals surface area (Å²) in [5.74, 6) is 0.795. The highest BCUT2D eigenvalue weighted by Crippen LogP contribution is 2.06. The first-order valence-electron chi connectivity index (χ1n) is 5.30. The van der Waals surface area contributed by atoms with E-state index in [0.29, 0.717) is 0 Å². The molecule has 0 atom stereocenters. The van der Waals surface area contributed by atoms with Crippen molar-refractivity contribution >= 4 is 12.0 Å². The highest BCUT2D eigenvalue weighted by atomic mass is 16.4. The van der Waals surface area contributed by atoms with E-state index in [-0.39, 0.29) is 0 Å². The largest absolute Gasteiger partial charge is 0.411 e. The van der Waals surface area contributed by atoms with Gasteiger partial charge in [-0.1, -0.05) is 35.5 Å². The first-order valence-corrected chi connectivity index (χ1v) is 5.30. The van der Waals surface area contributed by atoms with Crippen LogP contribution in [0.1, 0.15) is 11.1 Å². The fourth-order valence-corrected chi connectivity index (χ4v) is 1.44.